The molecule has 7 nitrogen and oxygen atoms in total. The molecule has 0 bridgehead atoms. The Kier molecular flexibility index (Phi) is 3.40. The molecule has 0 amide bonds. The molecule has 0 spiro atoms. The van der Waals surface area contributed by atoms with Crippen molar-refractivity contribution in [2.24, 2.45) is 0 Å². The zero-order valence-corrected chi connectivity index (χ0v) is 10.8. The number of rotatable bonds is 4. The number of aryl methyl sites for hydroxylation is 1. The molecule has 0 saturated carbocycles. The molecule has 0 aromatic carbocycles. The van der Waals surface area contributed by atoms with Gasteiger partial charge in [0, 0.05) is 25.5 Å². The average molecular weight is 247 g/mol. The summed E-state index contributed by atoms with van der Waals surface area (Å²) in [4.78, 5) is 18.9. The van der Waals surface area contributed by atoms with Gasteiger partial charge < -0.3 is 10.6 Å². The third-order valence-electron chi connectivity index (χ3n) is 2.72. The summed E-state index contributed by atoms with van der Waals surface area (Å²) in [5.41, 5.74) is 5.74. The molecule has 0 fully saturated rings. The number of hydrogen-bond acceptors (Lipinski definition) is 6. The molecule has 2 aromatic rings. The highest BCUT2D eigenvalue weighted by molar-refractivity contribution is 5.38. The summed E-state index contributed by atoms with van der Waals surface area (Å²) in [6, 6.07) is 0. The van der Waals surface area contributed by atoms with Crippen LogP contribution in [0, 0.1) is 6.92 Å². The zero-order chi connectivity index (χ0) is 13.1. The van der Waals surface area contributed by atoms with E-state index in [1.165, 1.54) is 0 Å². The van der Waals surface area contributed by atoms with Gasteiger partial charge in [-0.1, -0.05) is 0 Å². The zero-order valence-electron chi connectivity index (χ0n) is 10.8. The Bertz CT molecular complexity index is 530. The van der Waals surface area contributed by atoms with E-state index in [9.17, 15) is 0 Å². The minimum Gasteiger partial charge on any atom is -0.368 e. The molecular weight excluding hydrogens is 230 g/mol. The van der Waals surface area contributed by atoms with Gasteiger partial charge in [0.2, 0.25) is 17.8 Å². The number of anilines is 2. The summed E-state index contributed by atoms with van der Waals surface area (Å²) in [5.74, 6) is 2.12. The molecule has 0 aliphatic carbocycles. The molecule has 18 heavy (non-hydrogen) atoms. The highest BCUT2D eigenvalue weighted by Crippen LogP contribution is 2.12. The van der Waals surface area contributed by atoms with Crippen molar-refractivity contribution in [3.8, 4) is 5.95 Å². The highest BCUT2D eigenvalue weighted by atomic mass is 15.3. The Hall–Kier alpha value is -2.18. The Labute approximate surface area is 106 Å². The Morgan fingerprint density at radius 3 is 2.50 bits per heavy atom. The molecule has 96 valence electrons. The molecule has 2 N–H and O–H groups in total. The van der Waals surface area contributed by atoms with E-state index in [0.717, 1.165) is 18.9 Å². The van der Waals surface area contributed by atoms with Gasteiger partial charge in [0.15, 0.2) is 0 Å². The van der Waals surface area contributed by atoms with Gasteiger partial charge in [-0.2, -0.15) is 15.0 Å². The summed E-state index contributed by atoms with van der Waals surface area (Å²) in [6.07, 6.45) is 3.50. The summed E-state index contributed by atoms with van der Waals surface area (Å²) in [6.45, 7) is 7.62. The number of nitrogen functional groups attached to an aromatic ring is 1. The van der Waals surface area contributed by atoms with Gasteiger partial charge in [-0.25, -0.2) is 4.98 Å². The van der Waals surface area contributed by atoms with E-state index in [2.05, 4.69) is 19.9 Å². The van der Waals surface area contributed by atoms with Gasteiger partial charge in [-0.05, 0) is 20.8 Å². The monoisotopic (exact) mass is 247 g/mol. The highest BCUT2D eigenvalue weighted by Gasteiger charge is 2.11. The van der Waals surface area contributed by atoms with Crippen LogP contribution in [0.1, 0.15) is 19.7 Å². The molecule has 0 atom stereocenters. The molecule has 0 radical (unpaired) electrons. The molecule has 7 heteroatoms. The second kappa shape index (κ2) is 4.99. The first-order valence-electron chi connectivity index (χ1n) is 5.92. The van der Waals surface area contributed by atoms with Crippen molar-refractivity contribution in [3.63, 3.8) is 0 Å². The van der Waals surface area contributed by atoms with Crippen LogP contribution < -0.4 is 10.6 Å². The first-order chi connectivity index (χ1) is 8.65. The third kappa shape index (κ3) is 2.24. The largest absolute Gasteiger partial charge is 0.368 e. The van der Waals surface area contributed by atoms with Crippen molar-refractivity contribution < 1.29 is 0 Å². The molecule has 0 aliphatic rings. The van der Waals surface area contributed by atoms with Gasteiger partial charge in [-0.15, -0.1) is 0 Å². The van der Waals surface area contributed by atoms with E-state index in [0.29, 0.717) is 11.9 Å². The van der Waals surface area contributed by atoms with Crippen LogP contribution in [0.25, 0.3) is 5.95 Å². The van der Waals surface area contributed by atoms with Crippen LogP contribution >= 0.6 is 0 Å². The molecule has 2 heterocycles. The number of imidazole rings is 1. The summed E-state index contributed by atoms with van der Waals surface area (Å²) >= 11 is 0. The predicted octanol–water partition coefficient (Wildman–Crippen LogP) is 0.794. The fraction of sp³-hybridized carbons (Fsp3) is 0.455. The molecular formula is C11H17N7. The average Bonchev–Trinajstić information content (AvgIpc) is 2.76. The van der Waals surface area contributed by atoms with Gasteiger partial charge >= 0.3 is 0 Å². The van der Waals surface area contributed by atoms with Crippen molar-refractivity contribution in [2.75, 3.05) is 23.7 Å². The molecule has 0 unspecified atom stereocenters. The lowest BCUT2D eigenvalue weighted by atomic mass is 10.5. The molecule has 2 rings (SSSR count). The standard InChI is InChI=1S/C11H17N7/c1-4-17(5-2)10-14-9(12)15-11(16-10)18-7-6-13-8(18)3/h6-7H,4-5H2,1-3H3,(H2,12,14,15,16). The van der Waals surface area contributed by atoms with Gasteiger partial charge in [0.25, 0.3) is 0 Å². The van der Waals surface area contributed by atoms with Crippen LogP contribution in [-0.4, -0.2) is 37.6 Å². The van der Waals surface area contributed by atoms with E-state index in [1.807, 2.05) is 25.7 Å². The van der Waals surface area contributed by atoms with Crippen LogP contribution in [0.5, 0.6) is 0 Å². The van der Waals surface area contributed by atoms with E-state index < -0.39 is 0 Å². The summed E-state index contributed by atoms with van der Waals surface area (Å²) in [7, 11) is 0. The van der Waals surface area contributed by atoms with Crippen molar-refractivity contribution in [3.05, 3.63) is 18.2 Å². The van der Waals surface area contributed by atoms with Crippen molar-refractivity contribution in [1.82, 2.24) is 24.5 Å². The second-order valence-electron chi connectivity index (χ2n) is 3.81. The minimum absolute atomic E-state index is 0.218. The fourth-order valence-corrected chi connectivity index (χ4v) is 1.71. The van der Waals surface area contributed by atoms with E-state index in [1.54, 1.807) is 17.0 Å². The maximum absolute atomic E-state index is 5.74. The van der Waals surface area contributed by atoms with E-state index in [4.69, 9.17) is 5.73 Å². The van der Waals surface area contributed by atoms with Crippen molar-refractivity contribution in [2.45, 2.75) is 20.8 Å². The third-order valence-corrected chi connectivity index (χ3v) is 2.72. The minimum atomic E-state index is 0.218. The molecule has 0 saturated heterocycles. The maximum Gasteiger partial charge on any atom is 0.241 e. The van der Waals surface area contributed by atoms with Crippen molar-refractivity contribution in [1.29, 1.82) is 0 Å². The predicted molar refractivity (Wildman–Crippen MR) is 69.7 cm³/mol. The van der Waals surface area contributed by atoms with Crippen molar-refractivity contribution >= 4 is 11.9 Å². The Morgan fingerprint density at radius 2 is 1.94 bits per heavy atom. The van der Waals surface area contributed by atoms with Crippen LogP contribution in [0.2, 0.25) is 0 Å². The first kappa shape index (κ1) is 12.3. The van der Waals surface area contributed by atoms with Crippen LogP contribution in [-0.2, 0) is 0 Å². The van der Waals surface area contributed by atoms with E-state index >= 15 is 0 Å². The van der Waals surface area contributed by atoms with Gasteiger partial charge in [-0.3, -0.25) is 4.57 Å². The fourth-order valence-electron chi connectivity index (χ4n) is 1.71. The lowest BCUT2D eigenvalue weighted by Gasteiger charge is -2.19. The quantitative estimate of drug-likeness (QED) is 0.859. The Morgan fingerprint density at radius 1 is 1.22 bits per heavy atom. The smallest absolute Gasteiger partial charge is 0.241 e. The second-order valence-corrected chi connectivity index (χ2v) is 3.81. The van der Waals surface area contributed by atoms with E-state index in [-0.39, 0.29) is 5.95 Å². The topological polar surface area (TPSA) is 85.8 Å². The maximum atomic E-state index is 5.74. The lowest BCUT2D eigenvalue weighted by Crippen LogP contribution is -2.25. The number of hydrogen-bond donors (Lipinski definition) is 1. The number of aromatic nitrogens is 5. The van der Waals surface area contributed by atoms with Crippen LogP contribution in [0.4, 0.5) is 11.9 Å². The van der Waals surface area contributed by atoms with Crippen LogP contribution in [0.15, 0.2) is 12.4 Å². The number of nitrogens with two attached hydrogens (primary N) is 1. The van der Waals surface area contributed by atoms with Gasteiger partial charge in [0.05, 0.1) is 0 Å². The Balaban J connectivity index is 2.47. The summed E-state index contributed by atoms with van der Waals surface area (Å²) in [5, 5.41) is 0. The van der Waals surface area contributed by atoms with Crippen LogP contribution in [0.3, 0.4) is 0 Å². The lowest BCUT2D eigenvalue weighted by molar-refractivity contribution is 0.791. The normalized spacial score (nSPS) is 10.6. The molecule has 0 aliphatic heterocycles. The number of nitrogens with zero attached hydrogens (tertiary/aromatic N) is 6. The molecule has 2 aromatic heterocycles. The van der Waals surface area contributed by atoms with Gasteiger partial charge in [0.1, 0.15) is 5.82 Å². The SMILES string of the molecule is CCN(CC)c1nc(N)nc(-n2ccnc2C)n1. The first-order valence-corrected chi connectivity index (χ1v) is 5.92. The summed E-state index contributed by atoms with van der Waals surface area (Å²) < 4.78 is 1.78.